The number of hydrogen-bond donors (Lipinski definition) is 1. The maximum atomic E-state index is 5.80. The molecule has 1 heterocycles. The van der Waals surface area contributed by atoms with E-state index in [1.54, 1.807) is 0 Å². The van der Waals surface area contributed by atoms with Gasteiger partial charge in [0.05, 0.1) is 0 Å². The molecule has 6 heteroatoms. The number of ether oxygens (including phenoxy) is 1. The van der Waals surface area contributed by atoms with Crippen LogP contribution in [0, 0.1) is 13.8 Å². The van der Waals surface area contributed by atoms with Crippen molar-refractivity contribution in [2.75, 3.05) is 5.73 Å². The van der Waals surface area contributed by atoms with Gasteiger partial charge in [0.1, 0.15) is 17.8 Å². The van der Waals surface area contributed by atoms with E-state index >= 15 is 0 Å². The van der Waals surface area contributed by atoms with Crippen molar-refractivity contribution in [2.45, 2.75) is 13.8 Å². The van der Waals surface area contributed by atoms with Crippen LogP contribution in [0.5, 0.6) is 11.6 Å². The molecule has 0 bridgehead atoms. The summed E-state index contributed by atoms with van der Waals surface area (Å²) in [6, 6.07) is 3.79. The van der Waals surface area contributed by atoms with Crippen molar-refractivity contribution < 1.29 is 4.74 Å². The van der Waals surface area contributed by atoms with Crippen molar-refractivity contribution in [3.05, 3.63) is 39.2 Å². The van der Waals surface area contributed by atoms with Gasteiger partial charge in [-0.3, -0.25) is 0 Å². The number of anilines is 1. The minimum atomic E-state index is 0.186. The van der Waals surface area contributed by atoms with Gasteiger partial charge in [0.15, 0.2) is 5.15 Å². The van der Waals surface area contributed by atoms with E-state index in [1.165, 1.54) is 6.33 Å². The highest BCUT2D eigenvalue weighted by Gasteiger charge is 2.10. The van der Waals surface area contributed by atoms with Gasteiger partial charge >= 0.3 is 0 Å². The number of aryl methyl sites for hydroxylation is 2. The largest absolute Gasteiger partial charge is 0.437 e. The third-order valence-corrected chi connectivity index (χ3v) is 3.98. The maximum absolute atomic E-state index is 5.80. The normalized spacial score (nSPS) is 10.4. The Morgan fingerprint density at radius 3 is 2.44 bits per heavy atom. The minimum absolute atomic E-state index is 0.186. The van der Waals surface area contributed by atoms with Crippen LogP contribution in [0.2, 0.25) is 5.15 Å². The van der Waals surface area contributed by atoms with Gasteiger partial charge in [-0.25, -0.2) is 4.98 Å². The van der Waals surface area contributed by atoms with Crippen LogP contribution in [-0.4, -0.2) is 9.97 Å². The Kier molecular flexibility index (Phi) is 3.73. The molecule has 0 amide bonds. The van der Waals surface area contributed by atoms with Gasteiger partial charge in [-0.1, -0.05) is 27.5 Å². The van der Waals surface area contributed by atoms with Crippen molar-refractivity contribution in [1.82, 2.24) is 9.97 Å². The highest BCUT2D eigenvalue weighted by molar-refractivity contribution is 9.10. The molecule has 94 valence electrons. The van der Waals surface area contributed by atoms with Crippen LogP contribution in [0.4, 0.5) is 5.69 Å². The molecule has 1 aromatic carbocycles. The van der Waals surface area contributed by atoms with E-state index in [-0.39, 0.29) is 16.7 Å². The first-order valence-corrected chi connectivity index (χ1v) is 6.36. The zero-order valence-corrected chi connectivity index (χ0v) is 12.2. The fraction of sp³-hybridized carbons (Fsp3) is 0.167. The summed E-state index contributed by atoms with van der Waals surface area (Å²) in [7, 11) is 0. The van der Waals surface area contributed by atoms with Crippen molar-refractivity contribution >= 4 is 33.2 Å². The van der Waals surface area contributed by atoms with Crippen LogP contribution in [0.25, 0.3) is 0 Å². The van der Waals surface area contributed by atoms with E-state index in [9.17, 15) is 0 Å². The van der Waals surface area contributed by atoms with Crippen molar-refractivity contribution in [3.8, 4) is 11.6 Å². The van der Waals surface area contributed by atoms with Crippen molar-refractivity contribution in [1.29, 1.82) is 0 Å². The van der Waals surface area contributed by atoms with Gasteiger partial charge in [0, 0.05) is 4.47 Å². The number of nitrogens with zero attached hydrogens (tertiary/aromatic N) is 2. The van der Waals surface area contributed by atoms with Gasteiger partial charge in [-0.05, 0) is 37.1 Å². The van der Waals surface area contributed by atoms with Crippen LogP contribution in [0.15, 0.2) is 22.9 Å². The lowest BCUT2D eigenvalue weighted by Gasteiger charge is -2.10. The van der Waals surface area contributed by atoms with Gasteiger partial charge in [0.2, 0.25) is 5.88 Å². The van der Waals surface area contributed by atoms with E-state index in [0.717, 1.165) is 15.6 Å². The summed E-state index contributed by atoms with van der Waals surface area (Å²) in [5.74, 6) is 0.922. The zero-order chi connectivity index (χ0) is 13.3. The summed E-state index contributed by atoms with van der Waals surface area (Å²) in [5.41, 5.74) is 8.12. The number of aromatic nitrogens is 2. The number of nitrogens with two attached hydrogens (primary N) is 1. The van der Waals surface area contributed by atoms with Crippen molar-refractivity contribution in [2.24, 2.45) is 0 Å². The van der Waals surface area contributed by atoms with E-state index < -0.39 is 0 Å². The molecule has 0 atom stereocenters. The number of halogens is 2. The molecule has 0 saturated carbocycles. The SMILES string of the molecule is Cc1cc(Oc2ncnc(Cl)c2N)cc(C)c1Br. The molecule has 0 aliphatic heterocycles. The summed E-state index contributed by atoms with van der Waals surface area (Å²) in [5, 5.41) is 0.186. The molecule has 2 rings (SSSR count). The smallest absolute Gasteiger partial charge is 0.247 e. The topological polar surface area (TPSA) is 61.0 Å². The second-order valence-electron chi connectivity index (χ2n) is 3.86. The van der Waals surface area contributed by atoms with Gasteiger partial charge < -0.3 is 10.5 Å². The molecular formula is C12H11BrClN3O. The summed E-state index contributed by atoms with van der Waals surface area (Å²) >= 11 is 9.30. The molecule has 0 fully saturated rings. The molecule has 0 unspecified atom stereocenters. The van der Waals surface area contributed by atoms with E-state index in [0.29, 0.717) is 5.75 Å². The summed E-state index contributed by atoms with van der Waals surface area (Å²) in [4.78, 5) is 7.73. The lowest BCUT2D eigenvalue weighted by molar-refractivity contribution is 0.463. The van der Waals surface area contributed by atoms with E-state index in [4.69, 9.17) is 22.1 Å². The molecule has 0 saturated heterocycles. The van der Waals surface area contributed by atoms with Crippen LogP contribution < -0.4 is 10.5 Å². The first kappa shape index (κ1) is 13.1. The number of nitrogen functional groups attached to an aromatic ring is 1. The molecule has 0 radical (unpaired) electrons. The summed E-state index contributed by atoms with van der Waals surface area (Å²) in [6.45, 7) is 3.97. The third kappa shape index (κ3) is 2.57. The number of rotatable bonds is 2. The summed E-state index contributed by atoms with van der Waals surface area (Å²) < 4.78 is 6.68. The third-order valence-electron chi connectivity index (χ3n) is 2.42. The molecule has 18 heavy (non-hydrogen) atoms. The van der Waals surface area contributed by atoms with E-state index in [2.05, 4.69) is 25.9 Å². The zero-order valence-electron chi connectivity index (χ0n) is 9.87. The Bertz CT molecular complexity index is 581. The van der Waals surface area contributed by atoms with E-state index in [1.807, 2.05) is 26.0 Å². The van der Waals surface area contributed by atoms with Crippen LogP contribution in [0.3, 0.4) is 0 Å². The molecule has 2 aromatic rings. The summed E-state index contributed by atoms with van der Waals surface area (Å²) in [6.07, 6.45) is 1.31. The maximum Gasteiger partial charge on any atom is 0.247 e. The molecular weight excluding hydrogens is 318 g/mol. The molecule has 1 aromatic heterocycles. The highest BCUT2D eigenvalue weighted by Crippen LogP contribution is 2.32. The molecule has 0 spiro atoms. The first-order valence-electron chi connectivity index (χ1n) is 5.19. The van der Waals surface area contributed by atoms with Crippen LogP contribution in [-0.2, 0) is 0 Å². The lowest BCUT2D eigenvalue weighted by Crippen LogP contribution is -1.98. The Morgan fingerprint density at radius 1 is 1.22 bits per heavy atom. The van der Waals surface area contributed by atoms with Gasteiger partial charge in [-0.15, -0.1) is 0 Å². The second kappa shape index (κ2) is 5.12. The van der Waals surface area contributed by atoms with Crippen LogP contribution in [0.1, 0.15) is 11.1 Å². The molecule has 0 aliphatic rings. The predicted octanol–water partition coefficient (Wildman–Crippen LogP) is 3.88. The molecule has 2 N–H and O–H groups in total. The lowest BCUT2D eigenvalue weighted by atomic mass is 10.1. The van der Waals surface area contributed by atoms with Gasteiger partial charge in [-0.2, -0.15) is 4.98 Å². The quantitative estimate of drug-likeness (QED) is 0.850. The average Bonchev–Trinajstić information content (AvgIpc) is 2.32. The molecule has 0 aliphatic carbocycles. The Labute approximate surface area is 118 Å². The number of benzene rings is 1. The monoisotopic (exact) mass is 327 g/mol. The minimum Gasteiger partial charge on any atom is -0.437 e. The second-order valence-corrected chi connectivity index (χ2v) is 5.01. The number of hydrogen-bond acceptors (Lipinski definition) is 4. The average molecular weight is 329 g/mol. The predicted molar refractivity (Wildman–Crippen MR) is 75.1 cm³/mol. The fourth-order valence-corrected chi connectivity index (χ4v) is 1.87. The van der Waals surface area contributed by atoms with Crippen LogP contribution >= 0.6 is 27.5 Å². The standard InChI is InChI=1S/C12H11BrClN3O/c1-6-3-8(4-7(2)9(6)13)18-12-10(15)11(14)16-5-17-12/h3-5H,15H2,1-2H3. The van der Waals surface area contributed by atoms with Gasteiger partial charge in [0.25, 0.3) is 0 Å². The molecule has 4 nitrogen and oxygen atoms in total. The first-order chi connectivity index (χ1) is 8.49. The Morgan fingerprint density at radius 2 is 1.83 bits per heavy atom. The highest BCUT2D eigenvalue weighted by atomic mass is 79.9. The van der Waals surface area contributed by atoms with Crippen molar-refractivity contribution in [3.63, 3.8) is 0 Å². The Balaban J connectivity index is 2.37. The Hall–Kier alpha value is -1.33. The fourth-order valence-electron chi connectivity index (χ4n) is 1.52.